The van der Waals surface area contributed by atoms with E-state index in [9.17, 15) is 9.18 Å². The summed E-state index contributed by atoms with van der Waals surface area (Å²) in [6.45, 7) is 24.1. The molecule has 1 aliphatic heterocycles. The fourth-order valence-corrected chi connectivity index (χ4v) is 6.76. The Hall–Kier alpha value is -3.94. The molecule has 4 unspecified atom stereocenters. The summed E-state index contributed by atoms with van der Waals surface area (Å²) in [5.74, 6) is 4.98. The van der Waals surface area contributed by atoms with Gasteiger partial charge >= 0.3 is 0 Å². The first-order valence-corrected chi connectivity index (χ1v) is 18.2. The first-order valence-electron chi connectivity index (χ1n) is 18.2. The van der Waals surface area contributed by atoms with Gasteiger partial charge in [0.05, 0.1) is 24.4 Å². The SMILES string of the molecule is CC(C)(C)C1CCc2occ(-c3ccc(F)cc3)c2C1.CC1CC(=O)NN1c1ncccc1C(C)(C)C.CC1CC1c1cc(C(C)(C)C)on1. The predicted octanol–water partition coefficient (Wildman–Crippen LogP) is 10.3. The second-order valence-corrected chi connectivity index (χ2v) is 17.6. The van der Waals surface area contributed by atoms with Crippen LogP contribution in [0.2, 0.25) is 0 Å². The number of pyridine rings is 1. The van der Waals surface area contributed by atoms with Crippen molar-refractivity contribution in [3.8, 4) is 11.1 Å². The van der Waals surface area contributed by atoms with E-state index in [-0.39, 0.29) is 28.6 Å². The zero-order valence-electron chi connectivity index (χ0n) is 32.0. The van der Waals surface area contributed by atoms with Crippen molar-refractivity contribution < 1.29 is 18.1 Å². The number of halogens is 1. The minimum Gasteiger partial charge on any atom is -0.468 e. The molecule has 1 N–H and O–H groups in total. The van der Waals surface area contributed by atoms with Gasteiger partial charge in [-0.3, -0.25) is 15.2 Å². The average molecular weight is 685 g/mol. The molecule has 0 radical (unpaired) electrons. The van der Waals surface area contributed by atoms with Crippen molar-refractivity contribution in [3.63, 3.8) is 0 Å². The number of hydrazine groups is 1. The molecule has 2 fully saturated rings. The number of amides is 1. The van der Waals surface area contributed by atoms with Gasteiger partial charge in [0.15, 0.2) is 5.82 Å². The molecule has 1 saturated carbocycles. The molecule has 0 spiro atoms. The predicted molar refractivity (Wildman–Crippen MR) is 198 cm³/mol. The van der Waals surface area contributed by atoms with Gasteiger partial charge in [-0.2, -0.15) is 0 Å². The smallest absolute Gasteiger partial charge is 0.240 e. The fraction of sp³-hybridized carbons (Fsp3) is 0.548. The maximum Gasteiger partial charge on any atom is 0.240 e. The van der Waals surface area contributed by atoms with E-state index in [4.69, 9.17) is 8.94 Å². The molecule has 3 aromatic heterocycles. The number of benzene rings is 1. The molecule has 4 atom stereocenters. The molecule has 1 saturated heterocycles. The monoisotopic (exact) mass is 684 g/mol. The van der Waals surface area contributed by atoms with Gasteiger partial charge in [-0.25, -0.2) is 9.37 Å². The minimum absolute atomic E-state index is 0.0105. The summed E-state index contributed by atoms with van der Waals surface area (Å²) in [5, 5.41) is 6.00. The van der Waals surface area contributed by atoms with Crippen molar-refractivity contribution in [1.82, 2.24) is 15.6 Å². The molecular formula is C42H57FN4O3. The maximum absolute atomic E-state index is 13.1. The van der Waals surface area contributed by atoms with Crippen LogP contribution in [0.1, 0.15) is 130 Å². The van der Waals surface area contributed by atoms with Gasteiger partial charge in [0.1, 0.15) is 17.3 Å². The summed E-state index contributed by atoms with van der Waals surface area (Å²) in [4.78, 5) is 15.8. The van der Waals surface area contributed by atoms with Crippen LogP contribution in [0.15, 0.2) is 63.9 Å². The molecule has 0 bridgehead atoms. The van der Waals surface area contributed by atoms with Gasteiger partial charge in [0, 0.05) is 46.7 Å². The van der Waals surface area contributed by atoms with E-state index in [0.29, 0.717) is 23.7 Å². The molecule has 1 amide bonds. The fourth-order valence-electron chi connectivity index (χ4n) is 6.76. The minimum atomic E-state index is -0.196. The Morgan fingerprint density at radius 1 is 0.940 bits per heavy atom. The molecule has 7 nitrogen and oxygen atoms in total. The van der Waals surface area contributed by atoms with Gasteiger partial charge in [0.25, 0.3) is 0 Å². The lowest BCUT2D eigenvalue weighted by Gasteiger charge is -2.33. The topological polar surface area (TPSA) is 84.4 Å². The highest BCUT2D eigenvalue weighted by molar-refractivity contribution is 5.82. The van der Waals surface area contributed by atoms with Crippen molar-refractivity contribution in [2.75, 3.05) is 5.01 Å². The molecular weight excluding hydrogens is 627 g/mol. The van der Waals surface area contributed by atoms with E-state index in [2.05, 4.69) is 96.9 Å². The highest BCUT2D eigenvalue weighted by Crippen LogP contribution is 2.47. The van der Waals surface area contributed by atoms with Crippen LogP contribution >= 0.6 is 0 Å². The van der Waals surface area contributed by atoms with Crippen LogP contribution < -0.4 is 10.4 Å². The summed E-state index contributed by atoms with van der Waals surface area (Å²) in [5.41, 5.74) is 9.08. The van der Waals surface area contributed by atoms with E-state index in [1.54, 1.807) is 6.20 Å². The number of nitrogens with zero attached hydrogens (tertiary/aromatic N) is 3. The van der Waals surface area contributed by atoms with Crippen LogP contribution in [0.3, 0.4) is 0 Å². The number of carbonyl (C=O) groups excluding carboxylic acids is 1. The van der Waals surface area contributed by atoms with Crippen LogP contribution in [-0.2, 0) is 28.5 Å². The van der Waals surface area contributed by atoms with E-state index in [0.717, 1.165) is 58.5 Å². The Bertz CT molecular complexity index is 1750. The van der Waals surface area contributed by atoms with E-state index in [1.807, 2.05) is 36.4 Å². The number of hydrogen-bond donors (Lipinski definition) is 1. The normalized spacial score (nSPS) is 21.8. The number of carbonyl (C=O) groups is 1. The van der Waals surface area contributed by atoms with Gasteiger partial charge in [0.2, 0.25) is 5.91 Å². The quantitative estimate of drug-likeness (QED) is 0.231. The number of furan rings is 1. The van der Waals surface area contributed by atoms with Crippen LogP contribution in [-0.4, -0.2) is 22.1 Å². The first kappa shape index (κ1) is 37.3. The third-order valence-corrected chi connectivity index (χ3v) is 10.3. The van der Waals surface area contributed by atoms with E-state index >= 15 is 0 Å². The highest BCUT2D eigenvalue weighted by atomic mass is 19.1. The lowest BCUT2D eigenvalue weighted by Crippen LogP contribution is -2.39. The molecule has 3 aliphatic rings. The average Bonchev–Trinajstić information content (AvgIpc) is 3.38. The van der Waals surface area contributed by atoms with Crippen molar-refractivity contribution in [1.29, 1.82) is 0 Å². The molecule has 4 aromatic rings. The second-order valence-electron chi connectivity index (χ2n) is 17.6. The standard InChI is InChI=1S/C18H21FO.C13H19N3O.C11H17NO/c1-18(2,3)13-6-9-17-15(10-13)16(11-20-17)12-4-7-14(19)8-5-12;1-9-8-11(17)15-16(9)12-10(13(2,3)4)6-5-7-14-12;1-7-5-8(7)9-6-10(13-12-9)11(2,3)4/h4-5,7-8,11,13H,6,9-10H2,1-3H3;5-7,9H,8H2,1-4H3,(H,15,17);6-8H,5H2,1-4H3. The van der Waals surface area contributed by atoms with Gasteiger partial charge in [-0.15, -0.1) is 0 Å². The Labute approximate surface area is 298 Å². The number of anilines is 1. The summed E-state index contributed by atoms with van der Waals surface area (Å²) >= 11 is 0. The van der Waals surface area contributed by atoms with Crippen LogP contribution in [0.5, 0.6) is 0 Å². The zero-order chi connectivity index (χ0) is 36.6. The summed E-state index contributed by atoms with van der Waals surface area (Å²) < 4.78 is 24.1. The Balaban J connectivity index is 0.000000149. The third-order valence-electron chi connectivity index (χ3n) is 10.3. The van der Waals surface area contributed by atoms with Crippen LogP contribution in [0.4, 0.5) is 10.2 Å². The van der Waals surface area contributed by atoms with Gasteiger partial charge in [-0.05, 0) is 72.6 Å². The van der Waals surface area contributed by atoms with Crippen molar-refractivity contribution >= 4 is 11.7 Å². The third kappa shape index (κ3) is 8.85. The number of rotatable bonds is 3. The number of aromatic nitrogens is 2. The summed E-state index contributed by atoms with van der Waals surface area (Å²) in [7, 11) is 0. The zero-order valence-corrected chi connectivity index (χ0v) is 32.0. The Morgan fingerprint density at radius 2 is 1.62 bits per heavy atom. The first-order chi connectivity index (χ1) is 23.3. The van der Waals surface area contributed by atoms with E-state index in [1.165, 1.54) is 30.5 Å². The van der Waals surface area contributed by atoms with Crippen molar-refractivity contribution in [2.24, 2.45) is 17.3 Å². The van der Waals surface area contributed by atoms with Gasteiger partial charge < -0.3 is 8.94 Å². The van der Waals surface area contributed by atoms with Crippen molar-refractivity contribution in [2.45, 2.75) is 131 Å². The van der Waals surface area contributed by atoms with Crippen molar-refractivity contribution in [3.05, 3.63) is 89.1 Å². The lowest BCUT2D eigenvalue weighted by atomic mass is 9.71. The number of aryl methyl sites for hydroxylation is 1. The van der Waals surface area contributed by atoms with Gasteiger partial charge in [-0.1, -0.05) is 92.6 Å². The molecule has 4 heterocycles. The number of fused-ring (bicyclic) bond motifs is 1. The molecule has 270 valence electrons. The summed E-state index contributed by atoms with van der Waals surface area (Å²) in [6, 6.07) is 13.0. The molecule has 50 heavy (non-hydrogen) atoms. The second kappa shape index (κ2) is 14.4. The molecule has 1 aromatic carbocycles. The largest absolute Gasteiger partial charge is 0.468 e. The van der Waals surface area contributed by atoms with E-state index < -0.39 is 0 Å². The van der Waals surface area contributed by atoms with Crippen LogP contribution in [0, 0.1) is 23.1 Å². The molecule has 7 rings (SSSR count). The highest BCUT2D eigenvalue weighted by Gasteiger charge is 2.37. The lowest BCUT2D eigenvalue weighted by molar-refractivity contribution is -0.119. The summed E-state index contributed by atoms with van der Waals surface area (Å²) in [6.07, 6.45) is 8.66. The number of hydrogen-bond acceptors (Lipinski definition) is 6. The molecule has 8 heteroatoms. The Morgan fingerprint density at radius 3 is 2.16 bits per heavy atom. The molecule has 2 aliphatic carbocycles. The number of nitrogens with one attached hydrogen (secondary N) is 1. The Kier molecular flexibility index (Phi) is 10.7. The maximum atomic E-state index is 13.1. The van der Waals surface area contributed by atoms with Crippen LogP contribution in [0.25, 0.3) is 11.1 Å².